The van der Waals surface area contributed by atoms with Crippen LogP contribution in [-0.4, -0.2) is 46.2 Å². The van der Waals surface area contributed by atoms with Crippen molar-refractivity contribution in [1.82, 2.24) is 10.2 Å². The van der Waals surface area contributed by atoms with Crippen LogP contribution in [0.15, 0.2) is 24.3 Å². The standard InChI is InChI=1S/C19H25ClN2O4/c1-12(2)15(21-17(24)25)16(23)22-10-9-19(26,18(11-22)7-8-18)13-3-5-14(20)6-4-13/h3-6,12,15,21,26H,7-11H2,1-2H3,(H,24,25). The molecule has 1 saturated heterocycles. The van der Waals surface area contributed by atoms with Crippen LogP contribution >= 0.6 is 11.6 Å². The molecular formula is C19H25ClN2O4. The largest absolute Gasteiger partial charge is 0.465 e. The van der Waals surface area contributed by atoms with E-state index in [4.69, 9.17) is 16.7 Å². The molecule has 142 valence electrons. The third-order valence-electron chi connectivity index (χ3n) is 5.81. The highest BCUT2D eigenvalue weighted by molar-refractivity contribution is 6.30. The molecule has 1 heterocycles. The molecule has 1 aliphatic carbocycles. The molecule has 2 fully saturated rings. The lowest BCUT2D eigenvalue weighted by Gasteiger charge is -2.46. The third-order valence-corrected chi connectivity index (χ3v) is 6.07. The van der Waals surface area contributed by atoms with Gasteiger partial charge in [0, 0.05) is 23.5 Å². The molecule has 2 amide bonds. The van der Waals surface area contributed by atoms with Gasteiger partial charge in [0.2, 0.25) is 5.91 Å². The Kier molecular flexibility index (Phi) is 4.92. The van der Waals surface area contributed by atoms with Crippen LogP contribution < -0.4 is 5.32 Å². The topological polar surface area (TPSA) is 89.9 Å². The molecule has 3 rings (SSSR count). The van der Waals surface area contributed by atoms with E-state index in [1.165, 1.54) is 0 Å². The van der Waals surface area contributed by atoms with E-state index in [-0.39, 0.29) is 17.2 Å². The van der Waals surface area contributed by atoms with Gasteiger partial charge in [-0.1, -0.05) is 37.6 Å². The fourth-order valence-corrected chi connectivity index (χ4v) is 4.19. The van der Waals surface area contributed by atoms with E-state index in [1.54, 1.807) is 17.0 Å². The summed E-state index contributed by atoms with van der Waals surface area (Å²) in [6.45, 7) is 4.47. The molecule has 1 spiro atoms. The quantitative estimate of drug-likeness (QED) is 0.749. The number of carbonyl (C=O) groups is 2. The smallest absolute Gasteiger partial charge is 0.405 e. The number of hydrogen-bond donors (Lipinski definition) is 3. The van der Waals surface area contributed by atoms with Gasteiger partial charge in [-0.3, -0.25) is 4.79 Å². The Morgan fingerprint density at radius 3 is 2.31 bits per heavy atom. The summed E-state index contributed by atoms with van der Waals surface area (Å²) in [4.78, 5) is 25.6. The van der Waals surface area contributed by atoms with Gasteiger partial charge in [0.05, 0.1) is 5.60 Å². The summed E-state index contributed by atoms with van der Waals surface area (Å²) in [6.07, 6.45) is 0.912. The lowest BCUT2D eigenvalue weighted by atomic mass is 9.73. The van der Waals surface area contributed by atoms with Crippen molar-refractivity contribution in [2.24, 2.45) is 11.3 Å². The van der Waals surface area contributed by atoms with Crippen LogP contribution in [-0.2, 0) is 10.4 Å². The van der Waals surface area contributed by atoms with E-state index in [2.05, 4.69) is 5.32 Å². The molecule has 1 saturated carbocycles. The predicted molar refractivity (Wildman–Crippen MR) is 98.0 cm³/mol. The second kappa shape index (κ2) is 6.74. The van der Waals surface area contributed by atoms with Crippen LogP contribution in [0.3, 0.4) is 0 Å². The summed E-state index contributed by atoms with van der Waals surface area (Å²) < 4.78 is 0. The molecule has 0 bridgehead atoms. The van der Waals surface area contributed by atoms with Crippen LogP contribution in [0.1, 0.15) is 38.7 Å². The van der Waals surface area contributed by atoms with Gasteiger partial charge in [0.25, 0.3) is 0 Å². The minimum absolute atomic E-state index is 0.147. The van der Waals surface area contributed by atoms with E-state index in [1.807, 2.05) is 26.0 Å². The van der Waals surface area contributed by atoms with Crippen molar-refractivity contribution in [2.45, 2.75) is 44.8 Å². The number of rotatable bonds is 4. The second-order valence-electron chi connectivity index (χ2n) is 7.83. The maximum absolute atomic E-state index is 12.9. The molecule has 6 nitrogen and oxygen atoms in total. The van der Waals surface area contributed by atoms with Crippen molar-refractivity contribution in [1.29, 1.82) is 0 Å². The molecule has 7 heteroatoms. The first kappa shape index (κ1) is 19.0. The number of nitrogens with zero attached hydrogens (tertiary/aromatic N) is 1. The SMILES string of the molecule is CC(C)C(NC(=O)O)C(=O)N1CCC(O)(c2ccc(Cl)cc2)C2(CC2)C1. The van der Waals surface area contributed by atoms with Gasteiger partial charge < -0.3 is 20.4 Å². The Morgan fingerprint density at radius 2 is 1.81 bits per heavy atom. The first-order chi connectivity index (χ1) is 12.2. The summed E-state index contributed by atoms with van der Waals surface area (Å²) in [7, 11) is 0. The number of halogens is 1. The van der Waals surface area contributed by atoms with Crippen LogP contribution in [0.4, 0.5) is 4.79 Å². The Bertz CT molecular complexity index is 702. The van der Waals surface area contributed by atoms with Crippen LogP contribution in [0.2, 0.25) is 5.02 Å². The Hall–Kier alpha value is -1.79. The van der Waals surface area contributed by atoms with Crippen molar-refractivity contribution in [3.8, 4) is 0 Å². The molecule has 1 aliphatic heterocycles. The lowest BCUT2D eigenvalue weighted by molar-refractivity contribution is -0.146. The normalized spacial score (nSPS) is 25.2. The molecule has 2 atom stereocenters. The number of carbonyl (C=O) groups excluding carboxylic acids is 1. The fraction of sp³-hybridized carbons (Fsp3) is 0.579. The molecule has 1 aromatic carbocycles. The zero-order valence-electron chi connectivity index (χ0n) is 15.0. The minimum atomic E-state index is -1.20. The summed E-state index contributed by atoms with van der Waals surface area (Å²) in [5.41, 5.74) is -0.517. The highest BCUT2D eigenvalue weighted by Crippen LogP contribution is 2.62. The molecule has 3 N–H and O–H groups in total. The van der Waals surface area contributed by atoms with Crippen molar-refractivity contribution in [2.75, 3.05) is 13.1 Å². The van der Waals surface area contributed by atoms with Crippen LogP contribution in [0, 0.1) is 11.3 Å². The summed E-state index contributed by atoms with van der Waals surface area (Å²) in [5, 5.41) is 23.4. The van der Waals surface area contributed by atoms with Crippen molar-refractivity contribution in [3.63, 3.8) is 0 Å². The number of amides is 2. The molecule has 26 heavy (non-hydrogen) atoms. The number of aliphatic hydroxyl groups is 1. The van der Waals surface area contributed by atoms with Crippen molar-refractivity contribution < 1.29 is 19.8 Å². The Morgan fingerprint density at radius 1 is 1.19 bits per heavy atom. The van der Waals surface area contributed by atoms with E-state index >= 15 is 0 Å². The molecule has 2 aliphatic rings. The maximum atomic E-state index is 12.9. The van der Waals surface area contributed by atoms with Crippen LogP contribution in [0.25, 0.3) is 0 Å². The summed E-state index contributed by atoms with van der Waals surface area (Å²) >= 11 is 5.96. The third kappa shape index (κ3) is 3.28. The van der Waals surface area contributed by atoms with Gasteiger partial charge in [-0.15, -0.1) is 0 Å². The van der Waals surface area contributed by atoms with Gasteiger partial charge in [0.1, 0.15) is 6.04 Å². The first-order valence-corrected chi connectivity index (χ1v) is 9.33. The van der Waals surface area contributed by atoms with Crippen molar-refractivity contribution in [3.05, 3.63) is 34.9 Å². The average Bonchev–Trinajstić information content (AvgIpc) is 3.36. The highest BCUT2D eigenvalue weighted by atomic mass is 35.5. The van der Waals surface area contributed by atoms with E-state index in [0.717, 1.165) is 18.4 Å². The van der Waals surface area contributed by atoms with Gasteiger partial charge >= 0.3 is 6.09 Å². The Balaban J connectivity index is 1.80. The van der Waals surface area contributed by atoms with Crippen LogP contribution in [0.5, 0.6) is 0 Å². The number of piperidine rings is 1. The number of carboxylic acid groups (broad SMARTS) is 1. The minimum Gasteiger partial charge on any atom is -0.465 e. The predicted octanol–water partition coefficient (Wildman–Crippen LogP) is 2.83. The molecule has 1 aromatic rings. The van der Waals surface area contributed by atoms with E-state index in [9.17, 15) is 14.7 Å². The lowest BCUT2D eigenvalue weighted by Crippen LogP contribution is -2.58. The summed E-state index contributed by atoms with van der Waals surface area (Å²) in [6, 6.07) is 6.47. The number of hydrogen-bond acceptors (Lipinski definition) is 3. The maximum Gasteiger partial charge on any atom is 0.405 e. The molecule has 0 aromatic heterocycles. The van der Waals surface area contributed by atoms with Gasteiger partial charge in [-0.2, -0.15) is 0 Å². The van der Waals surface area contributed by atoms with Gasteiger partial charge in [0.15, 0.2) is 0 Å². The number of likely N-dealkylation sites (tertiary alicyclic amines) is 1. The molecular weight excluding hydrogens is 356 g/mol. The average molecular weight is 381 g/mol. The van der Waals surface area contributed by atoms with Gasteiger partial charge in [-0.05, 0) is 42.9 Å². The molecule has 2 unspecified atom stereocenters. The van der Waals surface area contributed by atoms with E-state index < -0.39 is 17.7 Å². The fourth-order valence-electron chi connectivity index (χ4n) is 4.07. The second-order valence-corrected chi connectivity index (χ2v) is 8.26. The summed E-state index contributed by atoms with van der Waals surface area (Å²) in [5.74, 6) is -0.363. The highest BCUT2D eigenvalue weighted by Gasteiger charge is 2.62. The van der Waals surface area contributed by atoms with Gasteiger partial charge in [-0.25, -0.2) is 4.79 Å². The first-order valence-electron chi connectivity index (χ1n) is 8.95. The number of nitrogens with one attached hydrogen (secondary N) is 1. The molecule has 0 radical (unpaired) electrons. The van der Waals surface area contributed by atoms with Crippen molar-refractivity contribution >= 4 is 23.6 Å². The Labute approximate surface area is 158 Å². The van der Waals surface area contributed by atoms with E-state index in [0.29, 0.717) is 24.5 Å². The number of benzene rings is 1. The zero-order chi connectivity index (χ0) is 19.1. The zero-order valence-corrected chi connectivity index (χ0v) is 15.8. The monoisotopic (exact) mass is 380 g/mol.